The van der Waals surface area contributed by atoms with Crippen molar-refractivity contribution >= 4 is 5.91 Å². The zero-order valence-electron chi connectivity index (χ0n) is 11.9. The van der Waals surface area contributed by atoms with Gasteiger partial charge in [-0.25, -0.2) is 8.78 Å². The van der Waals surface area contributed by atoms with Crippen LogP contribution in [0.2, 0.25) is 0 Å². The van der Waals surface area contributed by atoms with E-state index in [0.717, 1.165) is 45.8 Å². The summed E-state index contributed by atoms with van der Waals surface area (Å²) >= 11 is 0. The molecule has 3 aliphatic rings. The van der Waals surface area contributed by atoms with Gasteiger partial charge in [0.2, 0.25) is 11.8 Å². The molecule has 2 heterocycles. The Morgan fingerprint density at radius 2 is 2.00 bits per heavy atom. The first-order chi connectivity index (χ1) is 9.43. The Bertz CT molecular complexity index is 389. The maximum Gasteiger partial charge on any atom is 0.249 e. The molecule has 0 N–H and O–H groups in total. The molecule has 3 rings (SSSR count). The molecule has 0 aromatic rings. The zero-order valence-corrected chi connectivity index (χ0v) is 11.9. The summed E-state index contributed by atoms with van der Waals surface area (Å²) < 4.78 is 30.7. The van der Waals surface area contributed by atoms with Crippen LogP contribution in [0.5, 0.6) is 0 Å². The van der Waals surface area contributed by atoms with Crippen LogP contribution in [0.3, 0.4) is 0 Å². The van der Waals surface area contributed by atoms with Gasteiger partial charge >= 0.3 is 0 Å². The second-order valence-electron chi connectivity index (χ2n) is 6.67. The molecule has 4 nitrogen and oxygen atoms in total. The van der Waals surface area contributed by atoms with E-state index in [1.54, 1.807) is 12.0 Å². The number of nitrogens with zero attached hydrogens (tertiary/aromatic N) is 2. The molecule has 2 saturated heterocycles. The summed E-state index contributed by atoms with van der Waals surface area (Å²) in [7, 11) is 1.70. The van der Waals surface area contributed by atoms with E-state index >= 15 is 0 Å². The highest BCUT2D eigenvalue weighted by atomic mass is 19.3. The Hall–Kier alpha value is -0.750. The number of ether oxygens (including phenoxy) is 1. The number of hydrogen-bond acceptors (Lipinski definition) is 3. The van der Waals surface area contributed by atoms with Crippen molar-refractivity contribution in [2.75, 3.05) is 46.4 Å². The fourth-order valence-electron chi connectivity index (χ4n) is 3.71. The van der Waals surface area contributed by atoms with Crippen LogP contribution < -0.4 is 0 Å². The molecule has 2 aliphatic heterocycles. The van der Waals surface area contributed by atoms with Crippen LogP contribution >= 0.6 is 0 Å². The molecular formula is C14H22F2N2O2. The molecule has 1 spiro atoms. The second kappa shape index (κ2) is 4.91. The Labute approximate surface area is 118 Å². The van der Waals surface area contributed by atoms with Gasteiger partial charge in [-0.2, -0.15) is 0 Å². The van der Waals surface area contributed by atoms with Gasteiger partial charge in [0.15, 0.2) is 0 Å². The molecule has 0 bridgehead atoms. The minimum atomic E-state index is -2.60. The number of hydrogen-bond donors (Lipinski definition) is 0. The Kier molecular flexibility index (Phi) is 3.49. The number of halogens is 2. The summed E-state index contributed by atoms with van der Waals surface area (Å²) in [4.78, 5) is 16.2. The summed E-state index contributed by atoms with van der Waals surface area (Å²) in [6, 6.07) is 0. The van der Waals surface area contributed by atoms with Gasteiger partial charge in [-0.05, 0) is 13.0 Å². The normalized spacial score (nSPS) is 28.4. The molecule has 0 radical (unpaired) electrons. The van der Waals surface area contributed by atoms with Crippen molar-refractivity contribution in [2.24, 2.45) is 11.3 Å². The van der Waals surface area contributed by atoms with Gasteiger partial charge in [-0.3, -0.25) is 4.79 Å². The van der Waals surface area contributed by atoms with Crippen LogP contribution in [0.25, 0.3) is 0 Å². The van der Waals surface area contributed by atoms with Crippen molar-refractivity contribution in [2.45, 2.75) is 25.2 Å². The number of amides is 1. The van der Waals surface area contributed by atoms with Crippen molar-refractivity contribution in [3.8, 4) is 0 Å². The van der Waals surface area contributed by atoms with Crippen molar-refractivity contribution < 1.29 is 18.3 Å². The van der Waals surface area contributed by atoms with Crippen LogP contribution in [-0.2, 0) is 9.53 Å². The smallest absolute Gasteiger partial charge is 0.249 e. The van der Waals surface area contributed by atoms with Gasteiger partial charge in [0.1, 0.15) is 0 Å². The molecule has 1 aliphatic carbocycles. The predicted octanol–water partition coefficient (Wildman–Crippen LogP) is 1.21. The minimum Gasteiger partial charge on any atom is -0.383 e. The summed E-state index contributed by atoms with van der Waals surface area (Å²) in [6.45, 7) is 5.21. The minimum absolute atomic E-state index is 0.0584. The van der Waals surface area contributed by atoms with Gasteiger partial charge in [-0.1, -0.05) is 0 Å². The summed E-state index contributed by atoms with van der Waals surface area (Å²) in [5, 5.41) is 0. The molecule has 1 amide bonds. The molecule has 0 aromatic heterocycles. The van der Waals surface area contributed by atoms with Crippen LogP contribution in [0.15, 0.2) is 0 Å². The number of methoxy groups -OCH3 is 1. The molecule has 0 atom stereocenters. The number of likely N-dealkylation sites (tertiary alicyclic amines) is 2. The molecule has 1 saturated carbocycles. The van der Waals surface area contributed by atoms with E-state index in [4.69, 9.17) is 4.74 Å². The summed E-state index contributed by atoms with van der Waals surface area (Å²) in [5.74, 6) is -3.10. The first-order valence-electron chi connectivity index (χ1n) is 7.31. The lowest BCUT2D eigenvalue weighted by molar-refractivity contribution is -0.169. The van der Waals surface area contributed by atoms with Crippen LogP contribution in [0.1, 0.15) is 19.3 Å². The number of rotatable bonds is 4. The number of alkyl halides is 2. The van der Waals surface area contributed by atoms with Crippen LogP contribution in [-0.4, -0.2) is 68.1 Å². The van der Waals surface area contributed by atoms with Crippen LogP contribution in [0.4, 0.5) is 8.78 Å². The Morgan fingerprint density at radius 1 is 1.30 bits per heavy atom. The molecule has 3 fully saturated rings. The molecule has 114 valence electrons. The van der Waals surface area contributed by atoms with Gasteiger partial charge in [0.25, 0.3) is 0 Å². The van der Waals surface area contributed by atoms with Gasteiger partial charge in [0, 0.05) is 57.5 Å². The van der Waals surface area contributed by atoms with E-state index in [0.29, 0.717) is 0 Å². The van der Waals surface area contributed by atoms with Crippen molar-refractivity contribution in [3.05, 3.63) is 0 Å². The van der Waals surface area contributed by atoms with E-state index < -0.39 is 11.8 Å². The lowest BCUT2D eigenvalue weighted by Crippen LogP contribution is -2.62. The van der Waals surface area contributed by atoms with E-state index in [2.05, 4.69) is 4.90 Å². The average molecular weight is 288 g/mol. The van der Waals surface area contributed by atoms with Crippen LogP contribution in [0, 0.1) is 11.3 Å². The third-order valence-corrected chi connectivity index (χ3v) is 4.93. The second-order valence-corrected chi connectivity index (χ2v) is 6.67. The molecule has 0 aromatic carbocycles. The maximum atomic E-state index is 12.8. The van der Waals surface area contributed by atoms with E-state index in [1.165, 1.54) is 0 Å². The Balaban J connectivity index is 1.44. The van der Waals surface area contributed by atoms with E-state index in [-0.39, 0.29) is 24.2 Å². The van der Waals surface area contributed by atoms with Crippen molar-refractivity contribution in [3.63, 3.8) is 0 Å². The predicted molar refractivity (Wildman–Crippen MR) is 69.6 cm³/mol. The van der Waals surface area contributed by atoms with Gasteiger partial charge in [0.05, 0.1) is 6.61 Å². The molecule has 20 heavy (non-hydrogen) atoms. The largest absolute Gasteiger partial charge is 0.383 e. The first-order valence-corrected chi connectivity index (χ1v) is 7.31. The Morgan fingerprint density at radius 3 is 2.60 bits per heavy atom. The lowest BCUT2D eigenvalue weighted by Gasteiger charge is -2.50. The monoisotopic (exact) mass is 288 g/mol. The summed E-state index contributed by atoms with van der Waals surface area (Å²) in [5.41, 5.74) is 0.218. The van der Waals surface area contributed by atoms with Gasteiger partial charge in [-0.15, -0.1) is 0 Å². The first kappa shape index (κ1) is 14.2. The molecule has 0 unspecified atom stereocenters. The summed E-state index contributed by atoms with van der Waals surface area (Å²) in [6.07, 6.45) is 0.589. The fourth-order valence-corrected chi connectivity index (χ4v) is 3.71. The molecular weight excluding hydrogens is 266 g/mol. The average Bonchev–Trinajstić information content (AvgIpc) is 2.75. The molecule has 6 heteroatoms. The highest BCUT2D eigenvalue weighted by molar-refractivity contribution is 5.81. The highest BCUT2D eigenvalue weighted by Crippen LogP contribution is 2.46. The third kappa shape index (κ3) is 2.55. The standard InChI is InChI=1S/C14H22F2N2O2/c1-20-5-4-17-3-2-13(8-17)9-18(10-13)12(19)11-6-14(15,16)7-11/h11H,2-10H2,1H3. The van der Waals surface area contributed by atoms with Crippen molar-refractivity contribution in [1.82, 2.24) is 9.80 Å². The fraction of sp³-hybridized carbons (Fsp3) is 0.929. The highest BCUT2D eigenvalue weighted by Gasteiger charge is 2.54. The number of carbonyl (C=O) groups excluding carboxylic acids is 1. The van der Waals surface area contributed by atoms with Gasteiger partial charge < -0.3 is 14.5 Å². The SMILES string of the molecule is COCCN1CCC2(C1)CN(C(=O)C1CC(F)(F)C1)C2. The number of carbonyl (C=O) groups is 1. The third-order valence-electron chi connectivity index (χ3n) is 4.93. The van der Waals surface area contributed by atoms with Crippen molar-refractivity contribution in [1.29, 1.82) is 0 Å². The maximum absolute atomic E-state index is 12.8. The van der Waals surface area contributed by atoms with E-state index in [1.807, 2.05) is 0 Å². The topological polar surface area (TPSA) is 32.8 Å². The zero-order chi connectivity index (χ0) is 14.4. The lowest BCUT2D eigenvalue weighted by atomic mass is 9.75. The quantitative estimate of drug-likeness (QED) is 0.779. The van der Waals surface area contributed by atoms with E-state index in [9.17, 15) is 13.6 Å².